The molecule has 0 fully saturated rings. The zero-order valence-corrected chi connectivity index (χ0v) is 12.1. The molecule has 1 N–H and O–H groups in total. The van der Waals surface area contributed by atoms with Crippen molar-refractivity contribution in [3.05, 3.63) is 30.9 Å². The van der Waals surface area contributed by atoms with E-state index in [9.17, 15) is 9.59 Å². The summed E-state index contributed by atoms with van der Waals surface area (Å²) < 4.78 is 6.99. The summed E-state index contributed by atoms with van der Waals surface area (Å²) in [4.78, 5) is 25.7. The number of aryl methyl sites for hydroxylation is 1. The Bertz CT molecular complexity index is 438. The highest BCUT2D eigenvalue weighted by molar-refractivity contribution is 5.86. The Kier molecular flexibility index (Phi) is 7.32. The van der Waals surface area contributed by atoms with Crippen molar-refractivity contribution in [3.63, 3.8) is 0 Å². The maximum absolute atomic E-state index is 11.6. The number of hydrogen-bond acceptors (Lipinski definition) is 3. The van der Waals surface area contributed by atoms with Gasteiger partial charge in [0.05, 0.1) is 13.2 Å². The maximum Gasteiger partial charge on any atom is 0.333 e. The quantitative estimate of drug-likeness (QED) is 0.308. The van der Waals surface area contributed by atoms with Crippen molar-refractivity contribution in [1.29, 1.82) is 0 Å². The molecule has 0 saturated carbocycles. The Morgan fingerprint density at radius 3 is 2.65 bits per heavy atom. The Morgan fingerprint density at radius 1 is 1.25 bits per heavy atom. The number of hydrogen-bond donors (Lipinski definition) is 1. The van der Waals surface area contributed by atoms with Gasteiger partial charge in [-0.3, -0.25) is 9.78 Å². The van der Waals surface area contributed by atoms with Crippen LogP contribution in [0.3, 0.4) is 0 Å². The summed E-state index contributed by atoms with van der Waals surface area (Å²) >= 11 is 0. The van der Waals surface area contributed by atoms with Crippen LogP contribution in [0.25, 0.3) is 0 Å². The molecule has 0 saturated heterocycles. The number of Topliss-reactive ketones (excluding diaryl/α,β-unsaturated/α-hetero) is 1. The lowest BCUT2D eigenvalue weighted by molar-refractivity contribution is -0.696. The SMILES string of the molecule is C=C(C)C(=O)OCCCC(=O)CCCC[n+]1cc[nH]c1. The molecule has 1 aromatic rings. The second kappa shape index (κ2) is 9.07. The predicted octanol–water partition coefficient (Wildman–Crippen LogP) is 1.94. The number of carbonyl (C=O) groups excluding carboxylic acids is 2. The molecule has 0 atom stereocenters. The zero-order valence-electron chi connectivity index (χ0n) is 12.1. The minimum atomic E-state index is -0.388. The molecule has 1 rings (SSSR count). The third-order valence-corrected chi connectivity index (χ3v) is 2.91. The van der Waals surface area contributed by atoms with E-state index in [0.717, 1.165) is 19.4 Å². The van der Waals surface area contributed by atoms with Gasteiger partial charge in [0, 0.05) is 18.4 Å². The summed E-state index contributed by atoms with van der Waals surface area (Å²) in [6, 6.07) is 0. The van der Waals surface area contributed by atoms with Crippen LogP contribution in [0.5, 0.6) is 0 Å². The highest BCUT2D eigenvalue weighted by Gasteiger charge is 2.05. The van der Waals surface area contributed by atoms with Crippen LogP contribution >= 0.6 is 0 Å². The molecule has 110 valence electrons. The van der Waals surface area contributed by atoms with Crippen LogP contribution in [0, 0.1) is 0 Å². The van der Waals surface area contributed by atoms with E-state index in [1.165, 1.54) is 0 Å². The van der Waals surface area contributed by atoms with Gasteiger partial charge in [-0.1, -0.05) is 6.58 Å². The van der Waals surface area contributed by atoms with Crippen molar-refractivity contribution in [1.82, 2.24) is 4.98 Å². The molecule has 0 aliphatic heterocycles. The fraction of sp³-hybridized carbons (Fsp3) is 0.533. The molecule has 0 aliphatic carbocycles. The molecular formula is C15H23N2O3+. The number of carbonyl (C=O) groups is 2. The summed E-state index contributed by atoms with van der Waals surface area (Å²) in [5.74, 6) is -0.156. The molecule has 0 spiro atoms. The number of esters is 1. The summed E-state index contributed by atoms with van der Waals surface area (Å²) in [6.45, 7) is 6.31. The summed E-state index contributed by atoms with van der Waals surface area (Å²) in [7, 11) is 0. The second-order valence-electron chi connectivity index (χ2n) is 4.86. The zero-order chi connectivity index (χ0) is 14.8. The topological polar surface area (TPSA) is 63.0 Å². The first-order valence-electron chi connectivity index (χ1n) is 6.96. The molecule has 5 nitrogen and oxygen atoms in total. The number of rotatable bonds is 10. The monoisotopic (exact) mass is 279 g/mol. The number of ketones is 1. The van der Waals surface area contributed by atoms with Crippen LogP contribution in [0.1, 0.15) is 39.0 Å². The Hall–Kier alpha value is -1.91. The van der Waals surface area contributed by atoms with Crippen molar-refractivity contribution < 1.29 is 18.9 Å². The number of unbranched alkanes of at least 4 members (excludes halogenated alkanes) is 1. The fourth-order valence-corrected chi connectivity index (χ4v) is 1.76. The van der Waals surface area contributed by atoms with E-state index in [1.807, 2.05) is 18.7 Å². The van der Waals surface area contributed by atoms with Crippen LogP contribution in [0.2, 0.25) is 0 Å². The fourth-order valence-electron chi connectivity index (χ4n) is 1.76. The summed E-state index contributed by atoms with van der Waals surface area (Å²) in [6.07, 6.45) is 9.28. The molecule has 0 unspecified atom stereocenters. The van der Waals surface area contributed by atoms with Gasteiger partial charge in [0.2, 0.25) is 6.33 Å². The van der Waals surface area contributed by atoms with E-state index >= 15 is 0 Å². The van der Waals surface area contributed by atoms with E-state index in [1.54, 1.807) is 6.92 Å². The van der Waals surface area contributed by atoms with Crippen molar-refractivity contribution >= 4 is 11.8 Å². The molecule has 0 radical (unpaired) electrons. The molecule has 0 aromatic carbocycles. The van der Waals surface area contributed by atoms with Gasteiger partial charge >= 0.3 is 5.97 Å². The van der Waals surface area contributed by atoms with Crippen molar-refractivity contribution in [2.24, 2.45) is 0 Å². The van der Waals surface area contributed by atoms with Crippen LogP contribution in [-0.4, -0.2) is 23.3 Å². The Balaban J connectivity index is 1.98. The molecular weight excluding hydrogens is 256 g/mol. The molecule has 1 aromatic heterocycles. The van der Waals surface area contributed by atoms with Crippen LogP contribution in [0.4, 0.5) is 0 Å². The van der Waals surface area contributed by atoms with Crippen LogP contribution in [-0.2, 0) is 20.9 Å². The van der Waals surface area contributed by atoms with E-state index in [0.29, 0.717) is 24.8 Å². The minimum Gasteiger partial charge on any atom is -0.462 e. The number of imidazole rings is 1. The first kappa shape index (κ1) is 16.1. The third kappa shape index (κ3) is 6.87. The third-order valence-electron chi connectivity index (χ3n) is 2.91. The lowest BCUT2D eigenvalue weighted by Gasteiger charge is -2.04. The maximum atomic E-state index is 11.6. The lowest BCUT2D eigenvalue weighted by Crippen LogP contribution is -2.30. The number of nitrogens with one attached hydrogen (secondary N) is 1. The van der Waals surface area contributed by atoms with Gasteiger partial charge in [0.15, 0.2) is 0 Å². The van der Waals surface area contributed by atoms with Crippen LogP contribution < -0.4 is 4.57 Å². The Morgan fingerprint density at radius 2 is 2.00 bits per heavy atom. The van der Waals surface area contributed by atoms with E-state index in [2.05, 4.69) is 16.1 Å². The van der Waals surface area contributed by atoms with Crippen molar-refractivity contribution in [2.45, 2.75) is 45.6 Å². The molecule has 0 amide bonds. The number of ether oxygens (including phenoxy) is 1. The predicted molar refractivity (Wildman–Crippen MR) is 74.9 cm³/mol. The normalized spacial score (nSPS) is 10.2. The standard InChI is InChI=1S/C15H22N2O3/c1-13(2)15(19)20-11-5-7-14(18)6-3-4-9-17-10-8-16-12-17/h8,10,12H,1,3-7,9,11H2,2H3/p+1. The van der Waals surface area contributed by atoms with Gasteiger partial charge < -0.3 is 4.74 Å². The first-order chi connectivity index (χ1) is 9.59. The van der Waals surface area contributed by atoms with Crippen molar-refractivity contribution in [3.8, 4) is 0 Å². The number of aromatic nitrogens is 2. The average molecular weight is 279 g/mol. The van der Waals surface area contributed by atoms with E-state index in [-0.39, 0.29) is 18.4 Å². The van der Waals surface area contributed by atoms with Gasteiger partial charge in [-0.2, -0.15) is 0 Å². The molecule has 5 heteroatoms. The van der Waals surface area contributed by atoms with Crippen molar-refractivity contribution in [2.75, 3.05) is 6.61 Å². The highest BCUT2D eigenvalue weighted by Crippen LogP contribution is 2.03. The number of aromatic amines is 1. The molecule has 1 heterocycles. The summed E-state index contributed by atoms with van der Waals surface area (Å²) in [5.41, 5.74) is 0.388. The summed E-state index contributed by atoms with van der Waals surface area (Å²) in [5, 5.41) is 0. The van der Waals surface area contributed by atoms with Crippen LogP contribution in [0.15, 0.2) is 30.9 Å². The lowest BCUT2D eigenvalue weighted by atomic mass is 10.1. The van der Waals surface area contributed by atoms with E-state index < -0.39 is 0 Å². The first-order valence-corrected chi connectivity index (χ1v) is 6.96. The van der Waals surface area contributed by atoms with Gasteiger partial charge in [0.1, 0.15) is 18.2 Å². The molecule has 20 heavy (non-hydrogen) atoms. The smallest absolute Gasteiger partial charge is 0.333 e. The molecule has 0 bridgehead atoms. The van der Waals surface area contributed by atoms with Gasteiger partial charge in [-0.25, -0.2) is 9.36 Å². The van der Waals surface area contributed by atoms with E-state index in [4.69, 9.17) is 4.74 Å². The number of H-pyrrole nitrogens is 1. The van der Waals surface area contributed by atoms with Gasteiger partial charge in [-0.15, -0.1) is 0 Å². The largest absolute Gasteiger partial charge is 0.462 e. The molecule has 0 aliphatic rings. The van der Waals surface area contributed by atoms with Gasteiger partial charge in [-0.05, 0) is 26.2 Å². The highest BCUT2D eigenvalue weighted by atomic mass is 16.5. The number of nitrogens with zero attached hydrogens (tertiary/aromatic N) is 1. The minimum absolute atomic E-state index is 0.232. The average Bonchev–Trinajstić information content (AvgIpc) is 2.92. The van der Waals surface area contributed by atoms with Gasteiger partial charge in [0.25, 0.3) is 0 Å². The second-order valence-corrected chi connectivity index (χ2v) is 4.86. The Labute approximate surface area is 119 Å².